The molecule has 0 aromatic heterocycles. The molecule has 2 aliphatic heterocycles. The number of rotatable bonds is 6. The number of ether oxygens (including phenoxy) is 1. The first-order chi connectivity index (χ1) is 11.1. The molecule has 128 valence electrons. The molecule has 0 aliphatic carbocycles. The van der Waals surface area contributed by atoms with Crippen LogP contribution in [-0.2, 0) is 27.7 Å². The van der Waals surface area contributed by atoms with E-state index in [1.807, 2.05) is 12.1 Å². The molecule has 0 amide bonds. The molecule has 1 atom stereocenters. The fraction of sp³-hybridized carbons (Fsp3) is 0.647. The molecule has 2 aliphatic rings. The minimum atomic E-state index is -3.11. The van der Waals surface area contributed by atoms with Crippen LogP contribution in [0.5, 0.6) is 0 Å². The third kappa shape index (κ3) is 3.87. The Kier molecular flexibility index (Phi) is 5.24. The van der Waals surface area contributed by atoms with Crippen LogP contribution in [0.2, 0.25) is 0 Å². The van der Waals surface area contributed by atoms with Gasteiger partial charge >= 0.3 is 0 Å². The number of nitrogens with zero attached hydrogens (tertiary/aromatic N) is 1. The van der Waals surface area contributed by atoms with Gasteiger partial charge in [0.1, 0.15) is 0 Å². The van der Waals surface area contributed by atoms with Crippen LogP contribution in [0.4, 0.5) is 5.69 Å². The van der Waals surface area contributed by atoms with Gasteiger partial charge in [0.2, 0.25) is 10.0 Å². The van der Waals surface area contributed by atoms with Gasteiger partial charge in [0.25, 0.3) is 0 Å². The summed E-state index contributed by atoms with van der Waals surface area (Å²) in [6, 6.07) is 6.14. The normalized spacial score (nSPS) is 22.0. The van der Waals surface area contributed by atoms with Crippen molar-refractivity contribution < 1.29 is 13.2 Å². The Balaban J connectivity index is 1.64. The van der Waals surface area contributed by atoms with E-state index in [2.05, 4.69) is 11.4 Å². The molecule has 2 heterocycles. The van der Waals surface area contributed by atoms with E-state index in [-0.39, 0.29) is 5.75 Å². The predicted octanol–water partition coefficient (Wildman–Crippen LogP) is 2.38. The Morgan fingerprint density at radius 3 is 3.00 bits per heavy atom. The third-order valence-electron chi connectivity index (χ3n) is 4.79. The van der Waals surface area contributed by atoms with Crippen molar-refractivity contribution in [2.75, 3.05) is 30.8 Å². The molecule has 23 heavy (non-hydrogen) atoms. The first-order valence-electron chi connectivity index (χ1n) is 8.54. The molecule has 1 aromatic carbocycles. The number of anilines is 1. The Morgan fingerprint density at radius 2 is 2.26 bits per heavy atom. The lowest BCUT2D eigenvalue weighted by molar-refractivity contribution is 0.107. The highest BCUT2D eigenvalue weighted by Gasteiger charge is 2.26. The summed E-state index contributed by atoms with van der Waals surface area (Å²) >= 11 is 0. The van der Waals surface area contributed by atoms with E-state index < -0.39 is 10.0 Å². The Bertz CT molecular complexity index is 639. The summed E-state index contributed by atoms with van der Waals surface area (Å²) in [6.07, 6.45) is 4.54. The minimum Gasteiger partial charge on any atom is -0.385 e. The smallest absolute Gasteiger partial charge is 0.214 e. The first-order valence-corrected chi connectivity index (χ1v) is 10.1. The van der Waals surface area contributed by atoms with Gasteiger partial charge in [0.05, 0.1) is 11.9 Å². The van der Waals surface area contributed by atoms with Gasteiger partial charge in [-0.1, -0.05) is 12.1 Å². The highest BCUT2D eigenvalue weighted by atomic mass is 32.2. The molecule has 0 radical (unpaired) electrons. The van der Waals surface area contributed by atoms with Crippen molar-refractivity contribution in [2.45, 2.75) is 45.3 Å². The van der Waals surface area contributed by atoms with Crippen LogP contribution in [0.1, 0.15) is 37.3 Å². The van der Waals surface area contributed by atoms with E-state index in [1.54, 1.807) is 11.2 Å². The summed E-state index contributed by atoms with van der Waals surface area (Å²) in [5, 5.41) is 3.52. The quantitative estimate of drug-likeness (QED) is 0.865. The van der Waals surface area contributed by atoms with Gasteiger partial charge in [-0.25, -0.2) is 8.42 Å². The van der Waals surface area contributed by atoms with Crippen LogP contribution in [0, 0.1) is 0 Å². The van der Waals surface area contributed by atoms with Crippen LogP contribution < -0.4 is 5.32 Å². The third-order valence-corrected chi connectivity index (χ3v) is 6.62. The van der Waals surface area contributed by atoms with Crippen molar-refractivity contribution in [1.29, 1.82) is 0 Å². The highest BCUT2D eigenvalue weighted by molar-refractivity contribution is 7.89. The number of fused-ring (bicyclic) bond motifs is 1. The number of benzene rings is 1. The number of sulfonamides is 1. The average Bonchev–Trinajstić information content (AvgIpc) is 3.08. The Morgan fingerprint density at radius 1 is 1.39 bits per heavy atom. The van der Waals surface area contributed by atoms with E-state index in [0.717, 1.165) is 37.2 Å². The summed E-state index contributed by atoms with van der Waals surface area (Å²) in [7, 11) is -3.11. The minimum absolute atomic E-state index is 0.168. The van der Waals surface area contributed by atoms with Gasteiger partial charge in [0.15, 0.2) is 0 Å². The van der Waals surface area contributed by atoms with E-state index in [4.69, 9.17) is 4.74 Å². The second-order valence-electron chi connectivity index (χ2n) is 6.28. The zero-order chi connectivity index (χ0) is 16.3. The van der Waals surface area contributed by atoms with Crippen molar-refractivity contribution in [3.8, 4) is 0 Å². The second kappa shape index (κ2) is 7.20. The van der Waals surface area contributed by atoms with Crippen molar-refractivity contribution in [3.63, 3.8) is 0 Å². The number of hydrogen-bond acceptors (Lipinski definition) is 4. The summed E-state index contributed by atoms with van der Waals surface area (Å²) in [4.78, 5) is 0. The summed E-state index contributed by atoms with van der Waals surface area (Å²) in [5.74, 6) is 0.168. The molecular weight excluding hydrogens is 312 g/mol. The highest BCUT2D eigenvalue weighted by Crippen LogP contribution is 2.28. The van der Waals surface area contributed by atoms with Crippen LogP contribution in [0.25, 0.3) is 0 Å². The van der Waals surface area contributed by atoms with E-state index in [1.165, 1.54) is 18.4 Å². The van der Waals surface area contributed by atoms with Gasteiger partial charge in [0, 0.05) is 31.9 Å². The van der Waals surface area contributed by atoms with E-state index >= 15 is 0 Å². The fourth-order valence-electron chi connectivity index (χ4n) is 3.41. The van der Waals surface area contributed by atoms with Crippen LogP contribution in [0.15, 0.2) is 18.2 Å². The molecule has 1 N–H and O–H groups in total. The molecule has 0 saturated carbocycles. The summed E-state index contributed by atoms with van der Waals surface area (Å²) in [6.45, 7) is 4.57. The SMILES string of the molecule is CCS(=O)(=O)N1CCc2c(cccc2NCC[C@H]2CCCO2)C1. The maximum Gasteiger partial charge on any atom is 0.214 e. The molecule has 5 nitrogen and oxygen atoms in total. The molecule has 0 unspecified atom stereocenters. The molecule has 1 fully saturated rings. The van der Waals surface area contributed by atoms with Crippen molar-refractivity contribution in [1.82, 2.24) is 4.31 Å². The second-order valence-corrected chi connectivity index (χ2v) is 8.54. The molecule has 3 rings (SSSR count). The Labute approximate surface area is 139 Å². The van der Waals surface area contributed by atoms with Crippen LogP contribution in [0.3, 0.4) is 0 Å². The summed E-state index contributed by atoms with van der Waals surface area (Å²) in [5.41, 5.74) is 3.53. The van der Waals surface area contributed by atoms with Gasteiger partial charge in [-0.3, -0.25) is 0 Å². The molecule has 0 bridgehead atoms. The average molecular weight is 338 g/mol. The molecular formula is C17H26N2O3S. The summed E-state index contributed by atoms with van der Waals surface area (Å²) < 4.78 is 31.4. The van der Waals surface area contributed by atoms with Crippen molar-refractivity contribution in [2.24, 2.45) is 0 Å². The largest absolute Gasteiger partial charge is 0.385 e. The maximum absolute atomic E-state index is 12.1. The lowest BCUT2D eigenvalue weighted by atomic mass is 9.99. The lowest BCUT2D eigenvalue weighted by Gasteiger charge is -2.29. The van der Waals surface area contributed by atoms with Gasteiger partial charge in [-0.15, -0.1) is 0 Å². The van der Waals surface area contributed by atoms with Crippen LogP contribution >= 0.6 is 0 Å². The maximum atomic E-state index is 12.1. The first kappa shape index (κ1) is 16.7. The molecule has 6 heteroatoms. The van der Waals surface area contributed by atoms with Gasteiger partial charge in [-0.05, 0) is 49.8 Å². The van der Waals surface area contributed by atoms with Crippen LogP contribution in [-0.4, -0.2) is 44.3 Å². The zero-order valence-corrected chi connectivity index (χ0v) is 14.6. The monoisotopic (exact) mass is 338 g/mol. The standard InChI is InChI=1S/C17H26N2O3S/c1-2-23(20,21)19-11-9-16-14(13-19)5-3-7-17(16)18-10-8-15-6-4-12-22-15/h3,5,7,15,18H,2,4,6,8-13H2,1H3/t15-/m1/s1. The molecule has 0 spiro atoms. The fourth-order valence-corrected chi connectivity index (χ4v) is 4.48. The molecule has 1 aromatic rings. The van der Waals surface area contributed by atoms with Gasteiger partial charge < -0.3 is 10.1 Å². The molecule has 1 saturated heterocycles. The van der Waals surface area contributed by atoms with E-state index in [9.17, 15) is 8.42 Å². The predicted molar refractivity (Wildman–Crippen MR) is 92.1 cm³/mol. The van der Waals surface area contributed by atoms with Crippen molar-refractivity contribution in [3.05, 3.63) is 29.3 Å². The van der Waals surface area contributed by atoms with E-state index in [0.29, 0.717) is 19.2 Å². The topological polar surface area (TPSA) is 58.6 Å². The lowest BCUT2D eigenvalue weighted by Crippen LogP contribution is -2.37. The zero-order valence-electron chi connectivity index (χ0n) is 13.8. The number of nitrogens with one attached hydrogen (secondary N) is 1. The Hall–Kier alpha value is -1.11. The van der Waals surface area contributed by atoms with Crippen molar-refractivity contribution >= 4 is 15.7 Å². The van der Waals surface area contributed by atoms with Gasteiger partial charge in [-0.2, -0.15) is 4.31 Å². The number of hydrogen-bond donors (Lipinski definition) is 1.